The molecule has 3 aromatic rings. The molecule has 0 radical (unpaired) electrons. The minimum Gasteiger partial charge on any atom is -0.497 e. The van der Waals surface area contributed by atoms with Gasteiger partial charge in [0.25, 0.3) is 0 Å². The summed E-state index contributed by atoms with van der Waals surface area (Å²) in [6.45, 7) is 3.66. The van der Waals surface area contributed by atoms with Gasteiger partial charge < -0.3 is 14.4 Å². The molecule has 0 N–H and O–H groups in total. The van der Waals surface area contributed by atoms with Crippen LogP contribution in [-0.4, -0.2) is 46.8 Å². The predicted octanol–water partition coefficient (Wildman–Crippen LogP) is 3.36. The number of aryl methyl sites for hydroxylation is 1. The average molecular weight is 416 g/mol. The van der Waals surface area contributed by atoms with Gasteiger partial charge in [0.1, 0.15) is 16.5 Å². The second kappa shape index (κ2) is 7.61. The van der Waals surface area contributed by atoms with Gasteiger partial charge in [0.05, 0.1) is 36.4 Å². The Bertz CT molecular complexity index is 1170. The summed E-state index contributed by atoms with van der Waals surface area (Å²) in [5, 5.41) is 0.667. The van der Waals surface area contributed by atoms with Gasteiger partial charge in [-0.1, -0.05) is 6.07 Å². The zero-order valence-corrected chi connectivity index (χ0v) is 17.0. The fraction of sp³-hybridized carbons (Fsp3) is 0.286. The van der Waals surface area contributed by atoms with Crippen molar-refractivity contribution in [3.8, 4) is 5.75 Å². The highest BCUT2D eigenvalue weighted by atomic mass is 32.2. The van der Waals surface area contributed by atoms with E-state index in [-0.39, 0.29) is 9.79 Å². The van der Waals surface area contributed by atoms with E-state index in [9.17, 15) is 12.8 Å². The smallest absolute Gasteiger partial charge is 0.210 e. The van der Waals surface area contributed by atoms with Gasteiger partial charge >= 0.3 is 0 Å². The van der Waals surface area contributed by atoms with E-state index in [2.05, 4.69) is 4.98 Å². The van der Waals surface area contributed by atoms with Crippen LogP contribution in [0.25, 0.3) is 10.9 Å². The molecular weight excluding hydrogens is 395 g/mol. The Morgan fingerprint density at radius 1 is 1.14 bits per heavy atom. The summed E-state index contributed by atoms with van der Waals surface area (Å²) in [6.07, 6.45) is 1.35. The highest BCUT2D eigenvalue weighted by Crippen LogP contribution is 2.37. The Morgan fingerprint density at radius 2 is 1.90 bits per heavy atom. The number of halogens is 1. The molecule has 1 aliphatic rings. The largest absolute Gasteiger partial charge is 0.497 e. The van der Waals surface area contributed by atoms with Crippen molar-refractivity contribution >= 4 is 26.4 Å². The van der Waals surface area contributed by atoms with E-state index in [0.717, 1.165) is 6.07 Å². The third-order valence-electron chi connectivity index (χ3n) is 5.08. The van der Waals surface area contributed by atoms with E-state index in [1.54, 1.807) is 32.2 Å². The Labute approximate surface area is 168 Å². The number of hydrogen-bond acceptors (Lipinski definition) is 6. The maximum atomic E-state index is 14.1. The van der Waals surface area contributed by atoms with Crippen molar-refractivity contribution in [1.82, 2.24) is 4.98 Å². The van der Waals surface area contributed by atoms with Crippen LogP contribution in [-0.2, 0) is 14.6 Å². The Hall–Kier alpha value is -2.71. The number of pyridine rings is 1. The zero-order valence-electron chi connectivity index (χ0n) is 16.2. The van der Waals surface area contributed by atoms with Crippen LogP contribution >= 0.6 is 0 Å². The summed E-state index contributed by atoms with van der Waals surface area (Å²) in [4.78, 5) is 6.28. The molecule has 1 aliphatic heterocycles. The second-order valence-electron chi connectivity index (χ2n) is 6.87. The highest BCUT2D eigenvalue weighted by Gasteiger charge is 2.28. The van der Waals surface area contributed by atoms with E-state index in [1.165, 1.54) is 18.3 Å². The van der Waals surface area contributed by atoms with Crippen LogP contribution in [0.5, 0.6) is 5.75 Å². The third kappa shape index (κ3) is 3.54. The van der Waals surface area contributed by atoms with Crippen LogP contribution in [0.4, 0.5) is 10.1 Å². The van der Waals surface area contributed by atoms with Crippen LogP contribution in [0.1, 0.15) is 5.56 Å². The second-order valence-corrected chi connectivity index (χ2v) is 8.79. The average Bonchev–Trinajstić information content (AvgIpc) is 2.74. The van der Waals surface area contributed by atoms with Gasteiger partial charge in [0, 0.05) is 24.7 Å². The molecule has 29 heavy (non-hydrogen) atoms. The van der Waals surface area contributed by atoms with E-state index < -0.39 is 15.7 Å². The van der Waals surface area contributed by atoms with Crippen LogP contribution in [0.3, 0.4) is 0 Å². The number of nitrogens with zero attached hydrogens (tertiary/aromatic N) is 2. The molecular formula is C21H21FN2O4S. The van der Waals surface area contributed by atoms with E-state index in [1.807, 2.05) is 4.90 Å². The first-order valence-corrected chi connectivity index (χ1v) is 10.7. The number of ether oxygens (including phenoxy) is 2. The Morgan fingerprint density at radius 3 is 2.59 bits per heavy atom. The van der Waals surface area contributed by atoms with E-state index in [4.69, 9.17) is 9.47 Å². The molecule has 0 unspecified atom stereocenters. The lowest BCUT2D eigenvalue weighted by Gasteiger charge is -2.31. The first-order valence-electron chi connectivity index (χ1n) is 9.22. The summed E-state index contributed by atoms with van der Waals surface area (Å²) in [5.74, 6) is 0.0409. The Kier molecular flexibility index (Phi) is 5.14. The summed E-state index contributed by atoms with van der Waals surface area (Å²) in [6, 6.07) is 9.30. The lowest BCUT2D eigenvalue weighted by atomic mass is 10.1. The van der Waals surface area contributed by atoms with Crippen molar-refractivity contribution in [2.24, 2.45) is 0 Å². The molecule has 2 heterocycles. The molecule has 0 spiro atoms. The quantitative estimate of drug-likeness (QED) is 0.650. The SMILES string of the molecule is COc1ccc2ncc(S(=O)(=O)c3ccc(C)c(F)c3)c(N3CCOCC3)c2c1. The van der Waals surface area contributed by atoms with Crippen molar-refractivity contribution in [3.05, 3.63) is 54.0 Å². The molecule has 0 bridgehead atoms. The van der Waals surface area contributed by atoms with Crippen molar-refractivity contribution < 1.29 is 22.3 Å². The molecule has 4 rings (SSSR count). The highest BCUT2D eigenvalue weighted by molar-refractivity contribution is 7.91. The molecule has 2 aromatic carbocycles. The van der Waals surface area contributed by atoms with Gasteiger partial charge in [-0.3, -0.25) is 4.98 Å². The van der Waals surface area contributed by atoms with Crippen molar-refractivity contribution in [3.63, 3.8) is 0 Å². The van der Waals surface area contributed by atoms with E-state index in [0.29, 0.717) is 54.2 Å². The molecule has 8 heteroatoms. The van der Waals surface area contributed by atoms with Gasteiger partial charge in [-0.05, 0) is 42.8 Å². The first-order chi connectivity index (χ1) is 13.9. The minimum absolute atomic E-state index is 0.0448. The molecule has 0 saturated carbocycles. The molecule has 1 aromatic heterocycles. The fourth-order valence-electron chi connectivity index (χ4n) is 3.44. The molecule has 0 amide bonds. The summed E-state index contributed by atoms with van der Waals surface area (Å²) in [5.41, 5.74) is 1.58. The number of methoxy groups -OCH3 is 1. The lowest BCUT2D eigenvalue weighted by molar-refractivity contribution is 0.122. The molecule has 0 atom stereocenters. The number of aromatic nitrogens is 1. The van der Waals surface area contributed by atoms with Crippen LogP contribution in [0.15, 0.2) is 52.4 Å². The number of hydrogen-bond donors (Lipinski definition) is 0. The number of anilines is 1. The molecule has 1 saturated heterocycles. The van der Waals surface area contributed by atoms with Gasteiger partial charge in [0.15, 0.2) is 0 Å². The van der Waals surface area contributed by atoms with E-state index >= 15 is 0 Å². The Balaban J connectivity index is 1.98. The number of rotatable bonds is 4. The van der Waals surface area contributed by atoms with Crippen LogP contribution in [0, 0.1) is 12.7 Å². The minimum atomic E-state index is -4.00. The molecule has 0 aliphatic carbocycles. The van der Waals surface area contributed by atoms with Crippen LogP contribution in [0.2, 0.25) is 0 Å². The maximum absolute atomic E-state index is 14.1. The maximum Gasteiger partial charge on any atom is 0.210 e. The van der Waals surface area contributed by atoms with Gasteiger partial charge in [-0.15, -0.1) is 0 Å². The van der Waals surface area contributed by atoms with Gasteiger partial charge in [-0.25, -0.2) is 12.8 Å². The number of sulfone groups is 1. The topological polar surface area (TPSA) is 68.7 Å². The fourth-order valence-corrected chi connectivity index (χ4v) is 4.89. The standard InChI is InChI=1S/C21H21FN2O4S/c1-14-3-5-16(12-18(14)22)29(25,26)20-13-23-19-6-4-15(27-2)11-17(19)21(20)24-7-9-28-10-8-24/h3-6,11-13H,7-10H2,1-2H3. The summed E-state index contributed by atoms with van der Waals surface area (Å²) < 4.78 is 51.8. The van der Waals surface area contributed by atoms with Crippen molar-refractivity contribution in [2.75, 3.05) is 38.3 Å². The van der Waals surface area contributed by atoms with Crippen molar-refractivity contribution in [1.29, 1.82) is 0 Å². The van der Waals surface area contributed by atoms with Crippen molar-refractivity contribution in [2.45, 2.75) is 16.7 Å². The lowest BCUT2D eigenvalue weighted by Crippen LogP contribution is -2.37. The van der Waals surface area contributed by atoms with Crippen LogP contribution < -0.4 is 9.64 Å². The normalized spacial score (nSPS) is 14.9. The monoisotopic (exact) mass is 416 g/mol. The first kappa shape index (κ1) is 19.6. The number of fused-ring (bicyclic) bond motifs is 1. The zero-order chi connectivity index (χ0) is 20.6. The molecule has 1 fully saturated rings. The number of benzene rings is 2. The van der Waals surface area contributed by atoms with Gasteiger partial charge in [0.2, 0.25) is 9.84 Å². The number of morpholine rings is 1. The summed E-state index contributed by atoms with van der Waals surface area (Å²) >= 11 is 0. The molecule has 6 nitrogen and oxygen atoms in total. The predicted molar refractivity (Wildman–Crippen MR) is 108 cm³/mol. The summed E-state index contributed by atoms with van der Waals surface area (Å²) in [7, 11) is -2.44. The van der Waals surface area contributed by atoms with Gasteiger partial charge in [-0.2, -0.15) is 0 Å². The third-order valence-corrected chi connectivity index (χ3v) is 6.84. The molecule has 152 valence electrons.